The topological polar surface area (TPSA) is 80.6 Å². The standard InChI is InChI=1S/C27H24ClFN2O4/c1-3-34-25-14-20(13-24(28)26(25)35-17-19-4-8-22(29)9-5-19)12-21(15-30)27(32)31-16-18-6-10-23(33-2)11-7-18/h4-14H,3,16-17H2,1-2H3,(H,31,32)/b21-12-. The number of nitriles is 1. The number of carbonyl (C=O) groups excluding carboxylic acids is 1. The molecule has 0 heterocycles. The Labute approximate surface area is 208 Å². The summed E-state index contributed by atoms with van der Waals surface area (Å²) in [6.07, 6.45) is 1.43. The van der Waals surface area contributed by atoms with Gasteiger partial charge in [0.2, 0.25) is 0 Å². The van der Waals surface area contributed by atoms with Gasteiger partial charge in [-0.3, -0.25) is 4.79 Å². The van der Waals surface area contributed by atoms with Crippen LogP contribution >= 0.6 is 11.6 Å². The smallest absolute Gasteiger partial charge is 0.262 e. The maximum absolute atomic E-state index is 13.1. The molecule has 0 aliphatic carbocycles. The highest BCUT2D eigenvalue weighted by atomic mass is 35.5. The van der Waals surface area contributed by atoms with Crippen molar-refractivity contribution < 1.29 is 23.4 Å². The average Bonchev–Trinajstić information content (AvgIpc) is 2.87. The number of ether oxygens (including phenoxy) is 3. The summed E-state index contributed by atoms with van der Waals surface area (Å²) in [6, 6.07) is 18.3. The summed E-state index contributed by atoms with van der Waals surface area (Å²) in [5.74, 6) is 0.541. The molecule has 0 aliphatic rings. The molecule has 1 amide bonds. The minimum absolute atomic E-state index is 0.0861. The van der Waals surface area contributed by atoms with Crippen LogP contribution in [-0.4, -0.2) is 19.6 Å². The van der Waals surface area contributed by atoms with E-state index in [0.717, 1.165) is 11.1 Å². The summed E-state index contributed by atoms with van der Waals surface area (Å²) < 4.78 is 29.8. The van der Waals surface area contributed by atoms with Gasteiger partial charge in [-0.1, -0.05) is 35.9 Å². The van der Waals surface area contributed by atoms with Crippen molar-refractivity contribution >= 4 is 23.6 Å². The summed E-state index contributed by atoms with van der Waals surface area (Å²) in [4.78, 5) is 12.6. The first-order valence-electron chi connectivity index (χ1n) is 10.8. The van der Waals surface area contributed by atoms with E-state index in [2.05, 4.69) is 5.32 Å². The number of nitrogens with zero attached hydrogens (tertiary/aromatic N) is 1. The number of amides is 1. The lowest BCUT2D eigenvalue weighted by Crippen LogP contribution is -2.23. The predicted molar refractivity (Wildman–Crippen MR) is 132 cm³/mol. The van der Waals surface area contributed by atoms with Gasteiger partial charge in [0.25, 0.3) is 5.91 Å². The fraction of sp³-hybridized carbons (Fsp3) is 0.185. The molecule has 0 fully saturated rings. The van der Waals surface area contributed by atoms with Gasteiger partial charge in [-0.15, -0.1) is 0 Å². The maximum atomic E-state index is 13.1. The van der Waals surface area contributed by atoms with Crippen molar-refractivity contribution in [2.45, 2.75) is 20.1 Å². The molecule has 8 heteroatoms. The second-order valence-corrected chi connectivity index (χ2v) is 7.79. The van der Waals surface area contributed by atoms with Gasteiger partial charge in [0, 0.05) is 6.54 Å². The molecule has 3 aromatic carbocycles. The van der Waals surface area contributed by atoms with E-state index in [0.29, 0.717) is 29.4 Å². The third kappa shape index (κ3) is 7.23. The molecule has 0 aliphatic heterocycles. The van der Waals surface area contributed by atoms with E-state index in [1.807, 2.05) is 25.1 Å². The van der Waals surface area contributed by atoms with Crippen LogP contribution in [0.3, 0.4) is 0 Å². The Hall–Kier alpha value is -4.02. The third-order valence-corrected chi connectivity index (χ3v) is 5.20. The summed E-state index contributed by atoms with van der Waals surface area (Å²) >= 11 is 6.45. The van der Waals surface area contributed by atoms with Crippen LogP contribution in [0.1, 0.15) is 23.6 Å². The van der Waals surface area contributed by atoms with Gasteiger partial charge in [-0.05, 0) is 66.1 Å². The van der Waals surface area contributed by atoms with Gasteiger partial charge in [-0.2, -0.15) is 5.26 Å². The highest BCUT2D eigenvalue weighted by Crippen LogP contribution is 2.38. The molecule has 0 spiro atoms. The largest absolute Gasteiger partial charge is 0.497 e. The van der Waals surface area contributed by atoms with E-state index in [1.54, 1.807) is 43.5 Å². The van der Waals surface area contributed by atoms with Crippen molar-refractivity contribution in [2.24, 2.45) is 0 Å². The number of halogens is 2. The van der Waals surface area contributed by atoms with Crippen molar-refractivity contribution in [3.63, 3.8) is 0 Å². The van der Waals surface area contributed by atoms with Crippen LogP contribution in [0.25, 0.3) is 6.08 Å². The number of methoxy groups -OCH3 is 1. The van der Waals surface area contributed by atoms with E-state index >= 15 is 0 Å². The second-order valence-electron chi connectivity index (χ2n) is 7.38. The summed E-state index contributed by atoms with van der Waals surface area (Å²) in [7, 11) is 1.58. The molecule has 0 saturated carbocycles. The fourth-order valence-electron chi connectivity index (χ4n) is 3.15. The molecule has 0 radical (unpaired) electrons. The molecular weight excluding hydrogens is 471 g/mol. The van der Waals surface area contributed by atoms with E-state index in [4.69, 9.17) is 25.8 Å². The van der Waals surface area contributed by atoms with Gasteiger partial charge in [0.05, 0.1) is 18.7 Å². The van der Waals surface area contributed by atoms with Gasteiger partial charge >= 0.3 is 0 Å². The van der Waals surface area contributed by atoms with Gasteiger partial charge in [0.15, 0.2) is 11.5 Å². The Bertz CT molecular complexity index is 1240. The summed E-state index contributed by atoms with van der Waals surface area (Å²) in [5.41, 5.74) is 2.04. The van der Waals surface area contributed by atoms with Crippen molar-refractivity contribution in [1.29, 1.82) is 5.26 Å². The lowest BCUT2D eigenvalue weighted by molar-refractivity contribution is -0.117. The molecule has 1 N–H and O–H groups in total. The molecule has 3 aromatic rings. The van der Waals surface area contributed by atoms with E-state index < -0.39 is 5.91 Å². The van der Waals surface area contributed by atoms with Crippen LogP contribution < -0.4 is 19.5 Å². The molecule has 0 bridgehead atoms. The Morgan fingerprint density at radius 2 is 1.77 bits per heavy atom. The molecular formula is C27H24ClFN2O4. The van der Waals surface area contributed by atoms with Gasteiger partial charge < -0.3 is 19.5 Å². The lowest BCUT2D eigenvalue weighted by Gasteiger charge is -2.15. The number of rotatable bonds is 10. The molecule has 35 heavy (non-hydrogen) atoms. The van der Waals surface area contributed by atoms with Crippen LogP contribution in [0.5, 0.6) is 17.2 Å². The molecule has 0 aromatic heterocycles. The first-order valence-corrected chi connectivity index (χ1v) is 11.2. The number of benzene rings is 3. The Morgan fingerprint density at radius 1 is 1.09 bits per heavy atom. The summed E-state index contributed by atoms with van der Waals surface area (Å²) in [6.45, 7) is 2.58. The van der Waals surface area contributed by atoms with Crippen molar-refractivity contribution in [3.05, 3.63) is 93.8 Å². The molecule has 6 nitrogen and oxygen atoms in total. The highest BCUT2D eigenvalue weighted by Gasteiger charge is 2.15. The Morgan fingerprint density at radius 3 is 2.40 bits per heavy atom. The van der Waals surface area contributed by atoms with Crippen molar-refractivity contribution in [2.75, 3.05) is 13.7 Å². The van der Waals surface area contributed by atoms with Gasteiger partial charge in [0.1, 0.15) is 29.8 Å². The molecule has 3 rings (SSSR count). The minimum atomic E-state index is -0.519. The Kier molecular flexibility index (Phi) is 9.10. The van der Waals surface area contributed by atoms with Crippen LogP contribution in [0.15, 0.2) is 66.2 Å². The Balaban J connectivity index is 1.75. The summed E-state index contributed by atoms with van der Waals surface area (Å²) in [5, 5.41) is 12.5. The predicted octanol–water partition coefficient (Wildman–Crippen LogP) is 5.69. The third-order valence-electron chi connectivity index (χ3n) is 4.92. The highest BCUT2D eigenvalue weighted by molar-refractivity contribution is 6.32. The number of hydrogen-bond acceptors (Lipinski definition) is 5. The lowest BCUT2D eigenvalue weighted by atomic mass is 10.1. The van der Waals surface area contributed by atoms with E-state index in [1.165, 1.54) is 18.2 Å². The normalized spacial score (nSPS) is 10.9. The van der Waals surface area contributed by atoms with Crippen LogP contribution in [0, 0.1) is 17.1 Å². The average molecular weight is 495 g/mol. The zero-order valence-corrected chi connectivity index (χ0v) is 20.1. The molecule has 0 unspecified atom stereocenters. The van der Waals surface area contributed by atoms with Crippen LogP contribution in [-0.2, 0) is 17.9 Å². The number of hydrogen-bond donors (Lipinski definition) is 1. The van der Waals surface area contributed by atoms with Gasteiger partial charge in [-0.25, -0.2) is 4.39 Å². The van der Waals surface area contributed by atoms with Crippen molar-refractivity contribution in [1.82, 2.24) is 5.32 Å². The molecule has 0 atom stereocenters. The monoisotopic (exact) mass is 494 g/mol. The SMILES string of the molecule is CCOc1cc(/C=C(/C#N)C(=O)NCc2ccc(OC)cc2)cc(Cl)c1OCc1ccc(F)cc1. The maximum Gasteiger partial charge on any atom is 0.262 e. The first-order chi connectivity index (χ1) is 16.9. The number of nitrogens with one attached hydrogen (secondary N) is 1. The molecule has 0 saturated heterocycles. The first kappa shape index (κ1) is 25.6. The van der Waals surface area contributed by atoms with E-state index in [9.17, 15) is 14.4 Å². The zero-order chi connectivity index (χ0) is 25.2. The minimum Gasteiger partial charge on any atom is -0.497 e. The second kappa shape index (κ2) is 12.4. The van der Waals surface area contributed by atoms with Crippen LogP contribution in [0.2, 0.25) is 5.02 Å². The quantitative estimate of drug-likeness (QED) is 0.289. The zero-order valence-electron chi connectivity index (χ0n) is 19.3. The van der Waals surface area contributed by atoms with E-state index in [-0.39, 0.29) is 29.6 Å². The number of carbonyl (C=O) groups is 1. The van der Waals surface area contributed by atoms with Crippen LogP contribution in [0.4, 0.5) is 4.39 Å². The fourth-order valence-corrected chi connectivity index (χ4v) is 3.42. The van der Waals surface area contributed by atoms with Crippen molar-refractivity contribution in [3.8, 4) is 23.3 Å². The molecule has 180 valence electrons.